The van der Waals surface area contributed by atoms with Crippen LogP contribution in [0.2, 0.25) is 0 Å². The van der Waals surface area contributed by atoms with Gasteiger partial charge in [-0.2, -0.15) is 0 Å². The first-order valence-electron chi connectivity index (χ1n) is 7.43. The molecule has 1 aromatic carbocycles. The minimum Gasteiger partial charge on any atom is -0.373 e. The van der Waals surface area contributed by atoms with Gasteiger partial charge in [0.2, 0.25) is 0 Å². The largest absolute Gasteiger partial charge is 0.373 e. The zero-order chi connectivity index (χ0) is 13.9. The molecule has 1 aromatic heterocycles. The molecule has 3 rings (SSSR count). The van der Waals surface area contributed by atoms with Crippen LogP contribution in [-0.2, 0) is 4.74 Å². The molecule has 0 amide bonds. The fourth-order valence-corrected chi connectivity index (χ4v) is 2.94. The molecule has 2 unspecified atom stereocenters. The molecule has 1 saturated heterocycles. The average Bonchev–Trinajstić information content (AvgIpc) is 2.92. The lowest BCUT2D eigenvalue weighted by Crippen LogP contribution is -2.30. The Morgan fingerprint density at radius 2 is 2.15 bits per heavy atom. The van der Waals surface area contributed by atoms with Crippen molar-refractivity contribution < 1.29 is 4.74 Å². The van der Waals surface area contributed by atoms with Gasteiger partial charge in [0, 0.05) is 48.5 Å². The number of pyridine rings is 1. The van der Waals surface area contributed by atoms with Crippen molar-refractivity contribution in [2.75, 3.05) is 13.2 Å². The molecule has 2 heterocycles. The van der Waals surface area contributed by atoms with E-state index >= 15 is 0 Å². The van der Waals surface area contributed by atoms with Gasteiger partial charge in [0.1, 0.15) is 0 Å². The highest BCUT2D eigenvalue weighted by Crippen LogP contribution is 2.37. The highest BCUT2D eigenvalue weighted by atomic mass is 16.5. The number of benzene rings is 1. The highest BCUT2D eigenvalue weighted by Gasteiger charge is 2.30. The van der Waals surface area contributed by atoms with Crippen molar-refractivity contribution in [1.82, 2.24) is 10.3 Å². The van der Waals surface area contributed by atoms with E-state index in [1.165, 1.54) is 16.3 Å². The monoisotopic (exact) mass is 270 g/mol. The first kappa shape index (κ1) is 13.5. The van der Waals surface area contributed by atoms with Crippen molar-refractivity contribution in [2.45, 2.75) is 32.4 Å². The number of rotatable bonds is 4. The van der Waals surface area contributed by atoms with E-state index in [1.54, 1.807) is 0 Å². The van der Waals surface area contributed by atoms with E-state index in [9.17, 15) is 0 Å². The number of fused-ring (bicyclic) bond motifs is 1. The third-order valence-corrected chi connectivity index (χ3v) is 4.01. The third-order valence-electron chi connectivity index (χ3n) is 4.01. The van der Waals surface area contributed by atoms with Crippen molar-refractivity contribution in [3.63, 3.8) is 0 Å². The molecule has 0 spiro atoms. The lowest BCUT2D eigenvalue weighted by molar-refractivity contribution is 0.0910. The zero-order valence-corrected chi connectivity index (χ0v) is 12.2. The number of nitrogens with zero attached hydrogens (tertiary/aromatic N) is 1. The van der Waals surface area contributed by atoms with Crippen molar-refractivity contribution in [2.24, 2.45) is 5.92 Å². The van der Waals surface area contributed by atoms with Crippen molar-refractivity contribution in [1.29, 1.82) is 0 Å². The van der Waals surface area contributed by atoms with E-state index in [0.717, 1.165) is 19.6 Å². The second-order valence-electron chi connectivity index (χ2n) is 5.85. The molecule has 0 aliphatic carbocycles. The summed E-state index contributed by atoms with van der Waals surface area (Å²) < 4.78 is 6.01. The molecule has 1 fully saturated rings. The van der Waals surface area contributed by atoms with Gasteiger partial charge in [-0.25, -0.2) is 0 Å². The van der Waals surface area contributed by atoms with Crippen LogP contribution in [0.15, 0.2) is 36.7 Å². The summed E-state index contributed by atoms with van der Waals surface area (Å²) in [6, 6.07) is 8.94. The Bertz CT molecular complexity index is 577. The molecule has 2 atom stereocenters. The SMILES string of the molecule is CC(C)NCC1CCOC1c1cncc2ccccc12. The molecule has 2 aromatic rings. The minimum absolute atomic E-state index is 0.167. The fourth-order valence-electron chi connectivity index (χ4n) is 2.94. The molecule has 20 heavy (non-hydrogen) atoms. The second kappa shape index (κ2) is 5.90. The van der Waals surface area contributed by atoms with Gasteiger partial charge in [-0.15, -0.1) is 0 Å². The number of ether oxygens (including phenoxy) is 1. The van der Waals surface area contributed by atoms with Crippen molar-refractivity contribution in [3.05, 3.63) is 42.2 Å². The van der Waals surface area contributed by atoms with Crippen LogP contribution in [0.3, 0.4) is 0 Å². The quantitative estimate of drug-likeness (QED) is 0.925. The Hall–Kier alpha value is -1.45. The van der Waals surface area contributed by atoms with Crippen LogP contribution < -0.4 is 5.32 Å². The highest BCUT2D eigenvalue weighted by molar-refractivity contribution is 5.85. The Morgan fingerprint density at radius 3 is 3.00 bits per heavy atom. The third kappa shape index (κ3) is 2.69. The number of aromatic nitrogens is 1. The maximum Gasteiger partial charge on any atom is 0.0886 e. The van der Waals surface area contributed by atoms with Crippen molar-refractivity contribution >= 4 is 10.8 Å². The van der Waals surface area contributed by atoms with Gasteiger partial charge < -0.3 is 10.1 Å². The molecule has 1 aliphatic rings. The summed E-state index contributed by atoms with van der Waals surface area (Å²) in [7, 11) is 0. The molecule has 0 radical (unpaired) electrons. The van der Waals surface area contributed by atoms with E-state index in [0.29, 0.717) is 12.0 Å². The van der Waals surface area contributed by atoms with Gasteiger partial charge in [0.05, 0.1) is 6.10 Å². The maximum absolute atomic E-state index is 6.01. The van der Waals surface area contributed by atoms with Gasteiger partial charge in [0.15, 0.2) is 0 Å². The second-order valence-corrected chi connectivity index (χ2v) is 5.85. The first-order valence-corrected chi connectivity index (χ1v) is 7.43. The smallest absolute Gasteiger partial charge is 0.0886 e. The maximum atomic E-state index is 6.01. The van der Waals surface area contributed by atoms with E-state index < -0.39 is 0 Å². The summed E-state index contributed by atoms with van der Waals surface area (Å²) in [5.41, 5.74) is 1.23. The Morgan fingerprint density at radius 1 is 1.30 bits per heavy atom. The summed E-state index contributed by atoms with van der Waals surface area (Å²) in [5, 5.41) is 5.99. The van der Waals surface area contributed by atoms with Gasteiger partial charge in [-0.1, -0.05) is 38.1 Å². The first-order chi connectivity index (χ1) is 9.75. The predicted molar refractivity (Wildman–Crippen MR) is 81.7 cm³/mol. The van der Waals surface area contributed by atoms with Crippen LogP contribution in [0.5, 0.6) is 0 Å². The molecular weight excluding hydrogens is 248 g/mol. The summed E-state index contributed by atoms with van der Waals surface area (Å²) >= 11 is 0. The molecule has 3 heteroatoms. The standard InChI is InChI=1S/C17H22N2O/c1-12(2)19-10-14-7-8-20-17(14)16-11-18-9-13-5-3-4-6-15(13)16/h3-6,9,11-12,14,17,19H,7-8,10H2,1-2H3. The number of hydrogen-bond donors (Lipinski definition) is 1. The molecule has 106 valence electrons. The topological polar surface area (TPSA) is 34.1 Å². The molecule has 3 nitrogen and oxygen atoms in total. The van der Waals surface area contributed by atoms with E-state index in [1.807, 2.05) is 12.4 Å². The molecule has 0 saturated carbocycles. The summed E-state index contributed by atoms with van der Waals surface area (Å²) in [6.07, 6.45) is 5.18. The lowest BCUT2D eigenvalue weighted by Gasteiger charge is -2.21. The Labute approximate surface area is 120 Å². The number of nitrogens with one attached hydrogen (secondary N) is 1. The van der Waals surface area contributed by atoms with Gasteiger partial charge in [-0.3, -0.25) is 4.98 Å². The van der Waals surface area contributed by atoms with E-state index in [-0.39, 0.29) is 6.10 Å². The Kier molecular flexibility index (Phi) is 3.99. The van der Waals surface area contributed by atoms with E-state index in [4.69, 9.17) is 4.74 Å². The Balaban J connectivity index is 1.89. The summed E-state index contributed by atoms with van der Waals surface area (Å²) in [6.45, 7) is 6.22. The van der Waals surface area contributed by atoms with E-state index in [2.05, 4.69) is 48.4 Å². The zero-order valence-electron chi connectivity index (χ0n) is 12.2. The number of hydrogen-bond acceptors (Lipinski definition) is 3. The normalized spacial score (nSPS) is 22.8. The van der Waals surface area contributed by atoms with Crippen LogP contribution in [0, 0.1) is 5.92 Å². The van der Waals surface area contributed by atoms with Crippen molar-refractivity contribution in [3.8, 4) is 0 Å². The summed E-state index contributed by atoms with van der Waals surface area (Å²) in [4.78, 5) is 4.39. The predicted octanol–water partition coefficient (Wildman–Crippen LogP) is 3.31. The fraction of sp³-hybridized carbons (Fsp3) is 0.471. The van der Waals surface area contributed by atoms with Gasteiger partial charge in [-0.05, 0) is 11.8 Å². The van der Waals surface area contributed by atoms with Crippen LogP contribution in [-0.4, -0.2) is 24.2 Å². The molecule has 1 aliphatic heterocycles. The van der Waals surface area contributed by atoms with Crippen LogP contribution >= 0.6 is 0 Å². The molecular formula is C17H22N2O. The minimum atomic E-state index is 0.167. The van der Waals surface area contributed by atoms with Crippen LogP contribution in [0.25, 0.3) is 10.8 Å². The molecule has 0 bridgehead atoms. The van der Waals surface area contributed by atoms with Gasteiger partial charge >= 0.3 is 0 Å². The van der Waals surface area contributed by atoms with Crippen LogP contribution in [0.1, 0.15) is 31.9 Å². The summed E-state index contributed by atoms with van der Waals surface area (Å²) in [5.74, 6) is 0.532. The van der Waals surface area contributed by atoms with Crippen LogP contribution in [0.4, 0.5) is 0 Å². The molecule has 1 N–H and O–H groups in total. The lowest BCUT2D eigenvalue weighted by atomic mass is 9.93. The average molecular weight is 270 g/mol. The van der Waals surface area contributed by atoms with Gasteiger partial charge in [0.25, 0.3) is 0 Å².